The molecular formula is C31H34N4O5. The van der Waals surface area contributed by atoms with Crippen LogP contribution in [0.1, 0.15) is 41.8 Å². The Morgan fingerprint density at radius 2 is 1.73 bits per heavy atom. The summed E-state index contributed by atoms with van der Waals surface area (Å²) in [6.45, 7) is 5.44. The highest BCUT2D eigenvalue weighted by molar-refractivity contribution is 6.18. The number of carbonyl (C=O) groups is 2. The van der Waals surface area contributed by atoms with Crippen molar-refractivity contribution < 1.29 is 24.2 Å². The molecule has 1 aromatic heterocycles. The third-order valence-corrected chi connectivity index (χ3v) is 7.48. The predicted octanol–water partition coefficient (Wildman–Crippen LogP) is 4.44. The molecule has 9 nitrogen and oxygen atoms in total. The van der Waals surface area contributed by atoms with Crippen molar-refractivity contribution in [3.8, 4) is 28.6 Å². The standard InChI is InChI=1S/C31H34N4O5/c1-31(2)22-11-12-23-27(34-28(33-23)20-7-9-21(36)10-8-20)26(22)29(37)35(30(31)38)17-5-15-32-16-14-19-6-13-24(39-3)25(18-19)40-4/h6-13,18,32,36H,5,14-17H2,1-4H3,(H,33,34). The van der Waals surface area contributed by atoms with Gasteiger partial charge in [0.05, 0.1) is 30.7 Å². The smallest absolute Gasteiger partial charge is 0.263 e. The topological polar surface area (TPSA) is 117 Å². The second-order valence-electron chi connectivity index (χ2n) is 10.4. The molecule has 2 heterocycles. The number of ether oxygens (including phenoxy) is 2. The van der Waals surface area contributed by atoms with Crippen LogP contribution >= 0.6 is 0 Å². The van der Waals surface area contributed by atoms with Crippen LogP contribution in [0.4, 0.5) is 0 Å². The summed E-state index contributed by atoms with van der Waals surface area (Å²) in [6, 6.07) is 16.3. The number of methoxy groups -OCH3 is 2. The number of aromatic nitrogens is 2. The number of nitrogens with zero attached hydrogens (tertiary/aromatic N) is 2. The van der Waals surface area contributed by atoms with Crippen LogP contribution in [0.2, 0.25) is 0 Å². The van der Waals surface area contributed by atoms with Gasteiger partial charge in [-0.25, -0.2) is 4.98 Å². The van der Waals surface area contributed by atoms with E-state index in [4.69, 9.17) is 14.5 Å². The number of aromatic hydroxyl groups is 1. The Bertz CT molecular complexity index is 1560. The summed E-state index contributed by atoms with van der Waals surface area (Å²) >= 11 is 0. The zero-order chi connectivity index (χ0) is 28.4. The van der Waals surface area contributed by atoms with Crippen molar-refractivity contribution in [2.24, 2.45) is 0 Å². The number of carbonyl (C=O) groups excluding carboxylic acids is 2. The van der Waals surface area contributed by atoms with Crippen LogP contribution in [0.15, 0.2) is 54.6 Å². The van der Waals surface area contributed by atoms with Gasteiger partial charge in [0.25, 0.3) is 5.91 Å². The molecule has 0 fully saturated rings. The van der Waals surface area contributed by atoms with Gasteiger partial charge in [0.2, 0.25) is 5.91 Å². The van der Waals surface area contributed by atoms with E-state index in [1.807, 2.05) is 44.2 Å². The Morgan fingerprint density at radius 1 is 0.975 bits per heavy atom. The SMILES string of the molecule is COc1ccc(CCNCCCN2C(=O)c3c(ccc4[nH]c(-c5ccc(O)cc5)nc34)C(C)(C)C2=O)cc1OC. The lowest BCUT2D eigenvalue weighted by molar-refractivity contribution is -0.134. The van der Waals surface area contributed by atoms with Gasteiger partial charge in [-0.1, -0.05) is 12.1 Å². The van der Waals surface area contributed by atoms with Gasteiger partial charge in [-0.15, -0.1) is 0 Å². The lowest BCUT2D eigenvalue weighted by Crippen LogP contribution is -2.52. The van der Waals surface area contributed by atoms with Crippen molar-refractivity contribution in [1.82, 2.24) is 20.2 Å². The fourth-order valence-corrected chi connectivity index (χ4v) is 5.21. The van der Waals surface area contributed by atoms with Gasteiger partial charge in [-0.3, -0.25) is 14.5 Å². The van der Waals surface area contributed by atoms with E-state index >= 15 is 0 Å². The molecule has 40 heavy (non-hydrogen) atoms. The quantitative estimate of drug-likeness (QED) is 0.200. The normalized spacial score (nSPS) is 14.4. The molecule has 0 bridgehead atoms. The van der Waals surface area contributed by atoms with Crippen LogP contribution in [0.5, 0.6) is 17.2 Å². The lowest BCUT2D eigenvalue weighted by atomic mass is 9.76. The minimum absolute atomic E-state index is 0.166. The maximum atomic E-state index is 13.7. The molecule has 1 aliphatic rings. The average molecular weight is 543 g/mol. The van der Waals surface area contributed by atoms with Gasteiger partial charge in [0, 0.05) is 12.1 Å². The largest absolute Gasteiger partial charge is 0.508 e. The monoisotopic (exact) mass is 542 g/mol. The number of H-pyrrole nitrogens is 1. The van der Waals surface area contributed by atoms with E-state index in [1.54, 1.807) is 38.5 Å². The highest BCUT2D eigenvalue weighted by Gasteiger charge is 2.45. The highest BCUT2D eigenvalue weighted by atomic mass is 16.5. The number of imide groups is 1. The summed E-state index contributed by atoms with van der Waals surface area (Å²) in [5, 5.41) is 13.0. The van der Waals surface area contributed by atoms with Crippen LogP contribution in [-0.2, 0) is 16.6 Å². The molecule has 208 valence electrons. The van der Waals surface area contributed by atoms with E-state index in [0.29, 0.717) is 53.5 Å². The molecule has 0 saturated heterocycles. The first-order valence-corrected chi connectivity index (χ1v) is 13.3. The van der Waals surface area contributed by atoms with Crippen LogP contribution in [0.3, 0.4) is 0 Å². The van der Waals surface area contributed by atoms with Crippen molar-refractivity contribution in [2.75, 3.05) is 33.9 Å². The molecule has 0 atom stereocenters. The van der Waals surface area contributed by atoms with Gasteiger partial charge >= 0.3 is 0 Å². The first-order valence-electron chi connectivity index (χ1n) is 13.3. The van der Waals surface area contributed by atoms with E-state index < -0.39 is 5.41 Å². The van der Waals surface area contributed by atoms with E-state index in [1.165, 1.54) is 4.90 Å². The summed E-state index contributed by atoms with van der Waals surface area (Å²) in [6.07, 6.45) is 1.44. The molecule has 3 aromatic carbocycles. The van der Waals surface area contributed by atoms with Crippen molar-refractivity contribution in [1.29, 1.82) is 0 Å². The Kier molecular flexibility index (Phi) is 7.49. The number of hydrogen-bond donors (Lipinski definition) is 3. The Labute approximate surface area is 233 Å². The number of phenols is 1. The van der Waals surface area contributed by atoms with Crippen molar-refractivity contribution in [3.63, 3.8) is 0 Å². The van der Waals surface area contributed by atoms with Gasteiger partial charge in [0.1, 0.15) is 17.1 Å². The second-order valence-corrected chi connectivity index (χ2v) is 10.4. The molecular weight excluding hydrogens is 508 g/mol. The molecule has 0 radical (unpaired) electrons. The average Bonchev–Trinajstić information content (AvgIpc) is 3.39. The third kappa shape index (κ3) is 5.00. The molecule has 0 saturated carbocycles. The zero-order valence-electron chi connectivity index (χ0n) is 23.2. The second kappa shape index (κ2) is 11.0. The zero-order valence-corrected chi connectivity index (χ0v) is 23.2. The van der Waals surface area contributed by atoms with E-state index in [9.17, 15) is 14.7 Å². The lowest BCUT2D eigenvalue weighted by Gasteiger charge is -2.37. The minimum atomic E-state index is -0.865. The number of fused-ring (bicyclic) bond motifs is 3. The van der Waals surface area contributed by atoms with Crippen LogP contribution in [-0.4, -0.2) is 65.6 Å². The van der Waals surface area contributed by atoms with Crippen LogP contribution in [0.25, 0.3) is 22.4 Å². The van der Waals surface area contributed by atoms with Crippen molar-refractivity contribution in [2.45, 2.75) is 32.1 Å². The van der Waals surface area contributed by atoms with E-state index in [2.05, 4.69) is 10.3 Å². The summed E-state index contributed by atoms with van der Waals surface area (Å²) in [5.41, 5.74) is 3.46. The molecule has 1 aliphatic heterocycles. The van der Waals surface area contributed by atoms with Crippen LogP contribution < -0.4 is 14.8 Å². The fraction of sp³-hybridized carbons (Fsp3) is 0.323. The number of rotatable bonds is 10. The fourth-order valence-electron chi connectivity index (χ4n) is 5.21. The van der Waals surface area contributed by atoms with Gasteiger partial charge in [-0.2, -0.15) is 0 Å². The number of amides is 2. The molecule has 4 aromatic rings. The highest BCUT2D eigenvalue weighted by Crippen LogP contribution is 2.38. The molecule has 0 unspecified atom stereocenters. The van der Waals surface area contributed by atoms with Crippen LogP contribution in [0, 0.1) is 0 Å². The Balaban J connectivity index is 1.27. The first-order chi connectivity index (χ1) is 19.2. The molecule has 0 aliphatic carbocycles. The van der Waals surface area contributed by atoms with Gasteiger partial charge in [-0.05, 0) is 93.4 Å². The summed E-state index contributed by atoms with van der Waals surface area (Å²) in [5.74, 6) is 1.63. The minimum Gasteiger partial charge on any atom is -0.508 e. The van der Waals surface area contributed by atoms with E-state index in [-0.39, 0.29) is 17.6 Å². The number of imidazole rings is 1. The molecule has 5 rings (SSSR count). The number of hydrogen-bond acceptors (Lipinski definition) is 7. The number of benzene rings is 3. The molecule has 2 amide bonds. The summed E-state index contributed by atoms with van der Waals surface area (Å²) in [7, 11) is 3.23. The number of aromatic amines is 1. The van der Waals surface area contributed by atoms with Crippen molar-refractivity contribution in [3.05, 3.63) is 71.3 Å². The number of phenolic OH excluding ortho intramolecular Hbond substituents is 1. The summed E-state index contributed by atoms with van der Waals surface area (Å²) in [4.78, 5) is 36.5. The molecule has 0 spiro atoms. The Hall–Kier alpha value is -4.37. The first kappa shape index (κ1) is 27.2. The number of nitrogens with one attached hydrogen (secondary N) is 2. The summed E-state index contributed by atoms with van der Waals surface area (Å²) < 4.78 is 10.7. The van der Waals surface area contributed by atoms with E-state index in [0.717, 1.165) is 29.6 Å². The maximum absolute atomic E-state index is 13.7. The Morgan fingerprint density at radius 3 is 2.45 bits per heavy atom. The maximum Gasteiger partial charge on any atom is 0.263 e. The van der Waals surface area contributed by atoms with Gasteiger partial charge < -0.3 is 24.9 Å². The molecule has 9 heteroatoms. The predicted molar refractivity (Wildman–Crippen MR) is 153 cm³/mol. The third-order valence-electron chi connectivity index (χ3n) is 7.48. The van der Waals surface area contributed by atoms with Crippen molar-refractivity contribution >= 4 is 22.8 Å². The molecule has 3 N–H and O–H groups in total. The van der Waals surface area contributed by atoms with Gasteiger partial charge in [0.15, 0.2) is 11.5 Å².